The van der Waals surface area contributed by atoms with Crippen LogP contribution in [0.15, 0.2) is 54.6 Å². The number of nitrogens with zero attached hydrogens (tertiary/aromatic N) is 1. The Balaban J connectivity index is 1.61. The summed E-state index contributed by atoms with van der Waals surface area (Å²) in [5.41, 5.74) is -0.456. The third kappa shape index (κ3) is 4.31. The number of aliphatic hydroxyl groups is 1. The normalized spacial score (nSPS) is 19.7. The molecule has 2 aromatic rings. The molecule has 1 fully saturated rings. The summed E-state index contributed by atoms with van der Waals surface area (Å²) in [4.78, 5) is 14.3. The van der Waals surface area contributed by atoms with Crippen molar-refractivity contribution in [1.82, 2.24) is 4.90 Å². The van der Waals surface area contributed by atoms with Crippen molar-refractivity contribution in [3.8, 4) is 11.5 Å². The zero-order valence-corrected chi connectivity index (χ0v) is 14.4. The number of para-hydroxylation sites is 1. The molecule has 1 aliphatic rings. The third-order valence-corrected chi connectivity index (χ3v) is 4.26. The van der Waals surface area contributed by atoms with E-state index in [1.54, 1.807) is 23.1 Å². The molecular weight excluding hydrogens is 318 g/mol. The first-order valence-corrected chi connectivity index (χ1v) is 8.52. The number of likely N-dealkylation sites (tertiary alicyclic amines) is 1. The Hall–Kier alpha value is -2.53. The Kier molecular flexibility index (Phi) is 5.24. The van der Waals surface area contributed by atoms with Gasteiger partial charge in [-0.25, -0.2) is 0 Å². The monoisotopic (exact) mass is 341 g/mol. The van der Waals surface area contributed by atoms with Gasteiger partial charge >= 0.3 is 0 Å². The van der Waals surface area contributed by atoms with E-state index in [9.17, 15) is 9.90 Å². The van der Waals surface area contributed by atoms with Crippen LogP contribution < -0.4 is 9.47 Å². The van der Waals surface area contributed by atoms with Gasteiger partial charge in [-0.05, 0) is 43.7 Å². The van der Waals surface area contributed by atoms with Crippen molar-refractivity contribution in [2.75, 3.05) is 26.3 Å². The Labute approximate surface area is 147 Å². The number of hydrogen-bond acceptors (Lipinski definition) is 4. The molecule has 0 aromatic heterocycles. The molecular formula is C20H23NO4. The van der Waals surface area contributed by atoms with Gasteiger partial charge in [-0.3, -0.25) is 4.79 Å². The molecule has 0 saturated carbocycles. The first-order chi connectivity index (χ1) is 12.1. The van der Waals surface area contributed by atoms with E-state index in [0.29, 0.717) is 36.6 Å². The molecule has 0 aliphatic carbocycles. The van der Waals surface area contributed by atoms with E-state index in [0.717, 1.165) is 0 Å². The van der Waals surface area contributed by atoms with E-state index in [1.807, 2.05) is 43.3 Å². The second-order valence-corrected chi connectivity index (χ2v) is 6.26. The van der Waals surface area contributed by atoms with Crippen LogP contribution in [0.5, 0.6) is 11.5 Å². The molecule has 1 atom stereocenters. The number of carbonyl (C=O) groups excluding carboxylic acids is 1. The highest BCUT2D eigenvalue weighted by molar-refractivity contribution is 5.94. The van der Waals surface area contributed by atoms with Crippen LogP contribution in [0.1, 0.15) is 23.7 Å². The summed E-state index contributed by atoms with van der Waals surface area (Å²) in [6, 6.07) is 16.5. The quantitative estimate of drug-likeness (QED) is 0.878. The van der Waals surface area contributed by atoms with Crippen LogP contribution in [0.25, 0.3) is 0 Å². The lowest BCUT2D eigenvalue weighted by Gasteiger charge is -2.23. The minimum atomic E-state index is -1.02. The van der Waals surface area contributed by atoms with E-state index in [1.165, 1.54) is 0 Å². The molecule has 1 N–H and O–H groups in total. The second kappa shape index (κ2) is 7.57. The van der Waals surface area contributed by atoms with Crippen LogP contribution in [-0.2, 0) is 0 Å². The molecule has 0 bridgehead atoms. The molecule has 2 aromatic carbocycles. The Morgan fingerprint density at radius 2 is 1.88 bits per heavy atom. The molecule has 25 heavy (non-hydrogen) atoms. The van der Waals surface area contributed by atoms with Crippen LogP contribution in [-0.4, -0.2) is 47.8 Å². The predicted octanol–water partition coefficient (Wildman–Crippen LogP) is 2.74. The SMILES string of the molecule is CCOc1cccc(C(=O)N2CCC(O)(COc3ccccc3)C2)c1. The van der Waals surface area contributed by atoms with E-state index in [2.05, 4.69) is 0 Å². The minimum absolute atomic E-state index is 0.0998. The van der Waals surface area contributed by atoms with Gasteiger partial charge in [-0.2, -0.15) is 0 Å². The van der Waals surface area contributed by atoms with Crippen molar-refractivity contribution in [3.05, 3.63) is 60.2 Å². The van der Waals surface area contributed by atoms with Gasteiger partial charge in [0.05, 0.1) is 13.2 Å². The predicted molar refractivity (Wildman–Crippen MR) is 95.0 cm³/mol. The van der Waals surface area contributed by atoms with Crippen LogP contribution in [0.2, 0.25) is 0 Å². The fourth-order valence-corrected chi connectivity index (χ4v) is 2.95. The fourth-order valence-electron chi connectivity index (χ4n) is 2.95. The lowest BCUT2D eigenvalue weighted by molar-refractivity contribution is 0.00431. The average Bonchev–Trinajstić information content (AvgIpc) is 3.03. The van der Waals surface area contributed by atoms with Gasteiger partial charge in [-0.1, -0.05) is 24.3 Å². The van der Waals surface area contributed by atoms with E-state index in [-0.39, 0.29) is 19.1 Å². The van der Waals surface area contributed by atoms with Crippen LogP contribution >= 0.6 is 0 Å². The summed E-state index contributed by atoms with van der Waals surface area (Å²) < 4.78 is 11.1. The maximum atomic E-state index is 12.7. The maximum Gasteiger partial charge on any atom is 0.254 e. The van der Waals surface area contributed by atoms with Crippen LogP contribution in [0, 0.1) is 0 Å². The van der Waals surface area contributed by atoms with Crippen molar-refractivity contribution in [2.24, 2.45) is 0 Å². The van der Waals surface area contributed by atoms with E-state index >= 15 is 0 Å². The smallest absolute Gasteiger partial charge is 0.254 e. The molecule has 1 unspecified atom stereocenters. The average molecular weight is 341 g/mol. The maximum absolute atomic E-state index is 12.7. The Morgan fingerprint density at radius 3 is 2.64 bits per heavy atom. The van der Waals surface area contributed by atoms with Gasteiger partial charge in [0, 0.05) is 12.1 Å². The summed E-state index contributed by atoms with van der Waals surface area (Å²) in [5.74, 6) is 1.29. The van der Waals surface area contributed by atoms with Crippen molar-refractivity contribution in [3.63, 3.8) is 0 Å². The number of ether oxygens (including phenoxy) is 2. The zero-order chi connectivity index (χ0) is 17.7. The van der Waals surface area contributed by atoms with Gasteiger partial charge in [0.25, 0.3) is 5.91 Å². The zero-order valence-electron chi connectivity index (χ0n) is 14.4. The standard InChI is InChI=1S/C20H23NO4/c1-2-24-18-10-6-7-16(13-18)19(22)21-12-11-20(23,14-21)15-25-17-8-4-3-5-9-17/h3-10,13,23H,2,11-12,14-15H2,1H3. The van der Waals surface area contributed by atoms with Crippen molar-refractivity contribution in [1.29, 1.82) is 0 Å². The van der Waals surface area contributed by atoms with Crippen LogP contribution in [0.4, 0.5) is 0 Å². The lowest BCUT2D eigenvalue weighted by Crippen LogP contribution is -2.40. The molecule has 0 radical (unpaired) electrons. The van der Waals surface area contributed by atoms with Crippen LogP contribution in [0.3, 0.4) is 0 Å². The molecule has 1 saturated heterocycles. The number of β-amino-alcohol motifs (C(OH)–C–C–N with tert-alkyl or cyclic N) is 1. The molecule has 3 rings (SSSR count). The summed E-state index contributed by atoms with van der Waals surface area (Å²) in [6.07, 6.45) is 0.497. The largest absolute Gasteiger partial charge is 0.494 e. The summed E-state index contributed by atoms with van der Waals surface area (Å²) in [5, 5.41) is 10.7. The molecule has 0 spiro atoms. The highest BCUT2D eigenvalue weighted by Gasteiger charge is 2.39. The first-order valence-electron chi connectivity index (χ1n) is 8.52. The number of amides is 1. The molecule has 5 heteroatoms. The summed E-state index contributed by atoms with van der Waals surface area (Å²) in [7, 11) is 0. The van der Waals surface area contributed by atoms with Crippen molar-refractivity contribution >= 4 is 5.91 Å². The van der Waals surface area contributed by atoms with Gasteiger partial charge in [0.1, 0.15) is 23.7 Å². The number of hydrogen-bond donors (Lipinski definition) is 1. The summed E-state index contributed by atoms with van der Waals surface area (Å²) in [6.45, 7) is 3.39. The van der Waals surface area contributed by atoms with Gasteiger partial charge in [0.2, 0.25) is 0 Å². The molecule has 5 nitrogen and oxygen atoms in total. The molecule has 1 amide bonds. The Bertz CT molecular complexity index is 719. The highest BCUT2D eigenvalue weighted by atomic mass is 16.5. The van der Waals surface area contributed by atoms with Gasteiger partial charge in [0.15, 0.2) is 0 Å². The Morgan fingerprint density at radius 1 is 1.12 bits per heavy atom. The second-order valence-electron chi connectivity index (χ2n) is 6.26. The van der Waals surface area contributed by atoms with E-state index < -0.39 is 5.60 Å². The number of rotatable bonds is 6. The molecule has 132 valence electrons. The third-order valence-electron chi connectivity index (χ3n) is 4.26. The number of carbonyl (C=O) groups is 1. The van der Waals surface area contributed by atoms with E-state index in [4.69, 9.17) is 9.47 Å². The molecule has 1 heterocycles. The summed E-state index contributed by atoms with van der Waals surface area (Å²) >= 11 is 0. The van der Waals surface area contributed by atoms with Crippen molar-refractivity contribution in [2.45, 2.75) is 18.9 Å². The van der Waals surface area contributed by atoms with Gasteiger partial charge < -0.3 is 19.5 Å². The highest BCUT2D eigenvalue weighted by Crippen LogP contribution is 2.25. The topological polar surface area (TPSA) is 59.0 Å². The lowest BCUT2D eigenvalue weighted by atomic mass is 10.1. The number of benzene rings is 2. The fraction of sp³-hybridized carbons (Fsp3) is 0.350. The first kappa shape index (κ1) is 17.3. The minimum Gasteiger partial charge on any atom is -0.494 e. The van der Waals surface area contributed by atoms with Crippen molar-refractivity contribution < 1.29 is 19.4 Å². The van der Waals surface area contributed by atoms with Gasteiger partial charge in [-0.15, -0.1) is 0 Å². The molecule has 1 aliphatic heterocycles.